The Morgan fingerprint density at radius 3 is 2.06 bits per heavy atom. The first-order valence-electron chi connectivity index (χ1n) is 5.93. The summed E-state index contributed by atoms with van der Waals surface area (Å²) in [6.45, 7) is 3.46. The van der Waals surface area contributed by atoms with Gasteiger partial charge in [0.15, 0.2) is 6.10 Å². The van der Waals surface area contributed by atoms with Gasteiger partial charge in [-0.25, -0.2) is 0 Å². The lowest BCUT2D eigenvalue weighted by molar-refractivity contribution is -0.873. The smallest absolute Gasteiger partial charge is 0.311 e. The number of aliphatic hydroxyl groups is 1. The van der Waals surface area contributed by atoms with Crippen molar-refractivity contribution in [2.75, 3.05) is 27.7 Å². The molecule has 0 aliphatic carbocycles. The minimum atomic E-state index is -1.01. The molecule has 0 fully saturated rings. The number of likely N-dealkylation sites (N-methyl/N-ethyl adjacent to an activating group) is 1. The van der Waals surface area contributed by atoms with Gasteiger partial charge in [-0.1, -0.05) is 0 Å². The molecule has 3 atom stereocenters. The van der Waals surface area contributed by atoms with Crippen LogP contribution in [0.25, 0.3) is 0 Å². The van der Waals surface area contributed by atoms with Crippen molar-refractivity contribution in [3.05, 3.63) is 0 Å². The zero-order chi connectivity index (χ0) is 14.5. The lowest BCUT2D eigenvalue weighted by atomic mass is 10.1. The van der Waals surface area contributed by atoms with E-state index in [1.807, 2.05) is 21.1 Å². The topological polar surface area (TPSA) is 83.8 Å². The molecule has 0 bridgehead atoms. The fraction of sp³-hybridized carbons (Fsp3) is 0.833. The van der Waals surface area contributed by atoms with E-state index in [-0.39, 0.29) is 6.42 Å². The number of quaternary nitrogens is 1. The molecule has 0 aromatic rings. The maximum atomic E-state index is 11.7. The molecule has 0 radical (unpaired) electrons. The van der Waals surface area contributed by atoms with Gasteiger partial charge in [-0.15, -0.1) is 0 Å². The molecule has 0 heterocycles. The van der Waals surface area contributed by atoms with E-state index in [1.54, 1.807) is 6.92 Å². The van der Waals surface area contributed by atoms with Crippen LogP contribution in [0.1, 0.15) is 20.3 Å². The third-order valence-corrected chi connectivity index (χ3v) is 2.53. The highest BCUT2D eigenvalue weighted by Crippen LogP contribution is 2.11. The van der Waals surface area contributed by atoms with Gasteiger partial charge in [-0.05, 0) is 13.8 Å². The highest BCUT2D eigenvalue weighted by molar-refractivity contribution is 5.73. The first-order valence-corrected chi connectivity index (χ1v) is 5.93. The van der Waals surface area contributed by atoms with Crippen LogP contribution in [0, 0.1) is 5.92 Å². The summed E-state index contributed by atoms with van der Waals surface area (Å²) in [6, 6.07) is 0. The number of carboxylic acid groups (broad SMARTS) is 1. The summed E-state index contributed by atoms with van der Waals surface area (Å²) < 4.78 is 5.66. The molecule has 0 saturated carbocycles. The van der Waals surface area contributed by atoms with Crippen molar-refractivity contribution in [2.45, 2.75) is 32.5 Å². The summed E-state index contributed by atoms with van der Waals surface area (Å²) in [7, 11) is 5.67. The maximum Gasteiger partial charge on any atom is 0.311 e. The van der Waals surface area contributed by atoms with E-state index in [1.165, 1.54) is 6.92 Å². The lowest BCUT2D eigenvalue weighted by Gasteiger charge is -2.29. The van der Waals surface area contributed by atoms with Crippen LogP contribution in [0.5, 0.6) is 0 Å². The molecule has 0 aliphatic heterocycles. The monoisotopic (exact) mass is 262 g/mol. The summed E-state index contributed by atoms with van der Waals surface area (Å²) in [4.78, 5) is 22.4. The van der Waals surface area contributed by atoms with Crippen molar-refractivity contribution in [3.8, 4) is 0 Å². The van der Waals surface area contributed by atoms with Crippen LogP contribution in [-0.2, 0) is 14.3 Å². The number of ether oxygens (including phenoxy) is 1. The molecule has 0 aromatic heterocycles. The minimum absolute atomic E-state index is 0.228. The van der Waals surface area contributed by atoms with Crippen molar-refractivity contribution in [2.24, 2.45) is 5.92 Å². The van der Waals surface area contributed by atoms with Crippen LogP contribution in [0.2, 0.25) is 0 Å². The van der Waals surface area contributed by atoms with Gasteiger partial charge in [0.25, 0.3) is 0 Å². The van der Waals surface area contributed by atoms with Crippen LogP contribution in [0.15, 0.2) is 0 Å². The SMILES string of the molecule is CC(O)C(C)C(=O)O[C@H](CC(=O)O)C[N+](C)(C)C. The molecule has 0 spiro atoms. The standard InChI is InChI=1S/C12H23NO5/c1-8(9(2)14)12(17)18-10(6-11(15)16)7-13(3,4)5/h8-10,14H,6-7H2,1-5H3/p+1/t8?,9?,10-/m1/s1. The third kappa shape index (κ3) is 7.24. The number of carboxylic acids is 1. The molecule has 2 unspecified atom stereocenters. The number of carbonyl (C=O) groups excluding carboxylic acids is 1. The number of hydrogen-bond donors (Lipinski definition) is 2. The molecule has 6 heteroatoms. The number of rotatable bonds is 7. The Labute approximate surface area is 108 Å². The van der Waals surface area contributed by atoms with Crippen molar-refractivity contribution in [3.63, 3.8) is 0 Å². The van der Waals surface area contributed by atoms with Gasteiger partial charge in [-0.2, -0.15) is 0 Å². The van der Waals surface area contributed by atoms with Crippen molar-refractivity contribution >= 4 is 11.9 Å². The molecule has 0 aromatic carbocycles. The Morgan fingerprint density at radius 1 is 1.22 bits per heavy atom. The van der Waals surface area contributed by atoms with Gasteiger partial charge in [0.2, 0.25) is 0 Å². The normalized spacial score (nSPS) is 16.8. The zero-order valence-corrected chi connectivity index (χ0v) is 11.7. The summed E-state index contributed by atoms with van der Waals surface area (Å²) in [6.07, 6.45) is -1.73. The predicted octanol–water partition coefficient (Wildman–Crippen LogP) is 0.0960. The van der Waals surface area contributed by atoms with Gasteiger partial charge in [0, 0.05) is 0 Å². The second-order valence-electron chi connectivity index (χ2n) is 5.66. The Kier molecular flexibility index (Phi) is 6.28. The number of aliphatic hydroxyl groups excluding tert-OH is 1. The predicted molar refractivity (Wildman–Crippen MR) is 65.9 cm³/mol. The van der Waals surface area contributed by atoms with E-state index in [4.69, 9.17) is 9.84 Å². The molecule has 2 N–H and O–H groups in total. The van der Waals surface area contributed by atoms with E-state index >= 15 is 0 Å². The van der Waals surface area contributed by atoms with Gasteiger partial charge in [-0.3, -0.25) is 9.59 Å². The first kappa shape index (κ1) is 16.9. The molecule has 0 rings (SSSR count). The number of carbonyl (C=O) groups is 2. The lowest BCUT2D eigenvalue weighted by Crippen LogP contribution is -2.44. The average Bonchev–Trinajstić information content (AvgIpc) is 2.11. The fourth-order valence-electron chi connectivity index (χ4n) is 1.42. The molecule has 0 amide bonds. The minimum Gasteiger partial charge on any atom is -0.481 e. The van der Waals surface area contributed by atoms with Crippen LogP contribution < -0.4 is 0 Å². The number of esters is 1. The Hall–Kier alpha value is -1.14. The van der Waals surface area contributed by atoms with E-state index in [0.29, 0.717) is 11.0 Å². The van der Waals surface area contributed by atoms with E-state index in [2.05, 4.69) is 0 Å². The molecule has 18 heavy (non-hydrogen) atoms. The quantitative estimate of drug-likeness (QED) is 0.502. The second-order valence-corrected chi connectivity index (χ2v) is 5.66. The second kappa shape index (κ2) is 6.70. The largest absolute Gasteiger partial charge is 0.481 e. The highest BCUT2D eigenvalue weighted by atomic mass is 16.5. The fourth-order valence-corrected chi connectivity index (χ4v) is 1.42. The highest BCUT2D eigenvalue weighted by Gasteiger charge is 2.28. The summed E-state index contributed by atoms with van der Waals surface area (Å²) >= 11 is 0. The Morgan fingerprint density at radius 2 is 1.72 bits per heavy atom. The zero-order valence-electron chi connectivity index (χ0n) is 11.7. The maximum absolute atomic E-state index is 11.7. The van der Waals surface area contributed by atoms with Gasteiger partial charge in [0.05, 0.1) is 39.6 Å². The molecule has 0 saturated heterocycles. The van der Waals surface area contributed by atoms with Crippen LogP contribution in [-0.4, -0.2) is 66.5 Å². The average molecular weight is 262 g/mol. The molecule has 106 valence electrons. The summed E-state index contributed by atoms with van der Waals surface area (Å²) in [5.74, 6) is -2.23. The first-order chi connectivity index (χ1) is 8.03. The molecular weight excluding hydrogens is 238 g/mol. The number of hydrogen-bond acceptors (Lipinski definition) is 4. The number of nitrogens with zero attached hydrogens (tertiary/aromatic N) is 1. The third-order valence-electron chi connectivity index (χ3n) is 2.53. The van der Waals surface area contributed by atoms with Crippen molar-refractivity contribution < 1.29 is 29.0 Å². The Balaban J connectivity index is 4.59. The van der Waals surface area contributed by atoms with Gasteiger partial charge >= 0.3 is 11.9 Å². The Bertz CT molecular complexity index is 295. The van der Waals surface area contributed by atoms with Crippen molar-refractivity contribution in [1.82, 2.24) is 0 Å². The van der Waals surface area contributed by atoms with E-state index in [9.17, 15) is 14.7 Å². The van der Waals surface area contributed by atoms with Crippen LogP contribution in [0.4, 0.5) is 0 Å². The summed E-state index contributed by atoms with van der Waals surface area (Å²) in [5.41, 5.74) is 0. The number of aliphatic carboxylic acids is 1. The molecule has 0 aliphatic rings. The summed E-state index contributed by atoms with van der Waals surface area (Å²) in [5, 5.41) is 18.1. The van der Waals surface area contributed by atoms with E-state index in [0.717, 1.165) is 0 Å². The molecule has 6 nitrogen and oxygen atoms in total. The molecular formula is C12H24NO5+. The van der Waals surface area contributed by atoms with Crippen LogP contribution in [0.3, 0.4) is 0 Å². The van der Waals surface area contributed by atoms with Crippen LogP contribution >= 0.6 is 0 Å². The van der Waals surface area contributed by atoms with Gasteiger partial charge in [0.1, 0.15) is 6.54 Å². The van der Waals surface area contributed by atoms with Crippen molar-refractivity contribution in [1.29, 1.82) is 0 Å². The van der Waals surface area contributed by atoms with Gasteiger partial charge < -0.3 is 19.4 Å². The van der Waals surface area contributed by atoms with E-state index < -0.39 is 30.1 Å².